The average Bonchev–Trinajstić information content (AvgIpc) is 2.88. The first-order valence-electron chi connectivity index (χ1n) is 6.95. The molecule has 2 rings (SSSR count). The van der Waals surface area contributed by atoms with Gasteiger partial charge in [-0.3, -0.25) is 4.79 Å². The first-order chi connectivity index (χ1) is 10.7. The molecule has 1 saturated heterocycles. The molecule has 0 saturated carbocycles. The zero-order chi connectivity index (χ0) is 17.2. The van der Waals surface area contributed by atoms with E-state index >= 15 is 0 Å². The molecule has 23 heavy (non-hydrogen) atoms. The molecule has 6 nitrogen and oxygen atoms in total. The summed E-state index contributed by atoms with van der Waals surface area (Å²) < 4.78 is 44.2. The number of halogens is 2. The number of benzene rings is 1. The zero-order valence-electron chi connectivity index (χ0n) is 12.8. The van der Waals surface area contributed by atoms with Crippen molar-refractivity contribution < 1.29 is 22.3 Å². The van der Waals surface area contributed by atoms with Crippen LogP contribution in [0.5, 0.6) is 0 Å². The maximum atomic E-state index is 13.9. The molecule has 1 fully saturated rings. The van der Waals surface area contributed by atoms with Gasteiger partial charge >= 0.3 is 0 Å². The largest absolute Gasteiger partial charge is 0.379 e. The fourth-order valence-electron chi connectivity index (χ4n) is 2.27. The van der Waals surface area contributed by atoms with Gasteiger partial charge in [-0.25, -0.2) is 17.1 Å². The van der Waals surface area contributed by atoms with E-state index in [1.165, 1.54) is 32.3 Å². The van der Waals surface area contributed by atoms with E-state index < -0.39 is 33.7 Å². The van der Waals surface area contributed by atoms with Crippen LogP contribution in [0.4, 0.5) is 4.39 Å². The van der Waals surface area contributed by atoms with Crippen LogP contribution in [0.15, 0.2) is 18.2 Å². The molecule has 1 aliphatic heterocycles. The molecule has 128 valence electrons. The van der Waals surface area contributed by atoms with E-state index in [-0.39, 0.29) is 29.6 Å². The summed E-state index contributed by atoms with van der Waals surface area (Å²) in [7, 11) is -0.534. The molecule has 1 N–H and O–H groups in total. The normalized spacial score (nSPS) is 21.6. The monoisotopic (exact) mass is 364 g/mol. The molecule has 0 aromatic heterocycles. The minimum atomic E-state index is -3.42. The smallest absolute Gasteiger partial charge is 0.254 e. The third-order valence-corrected chi connectivity index (χ3v) is 5.95. The molecule has 1 amide bonds. The molecule has 0 bridgehead atoms. The standard InChI is InChI=1S/C14H18ClFN2O4S/c1-18(2)23(20,21)8-9-6-22-7-12(9)17-14(19)10-4-3-5-11(15)13(10)16/h3-5,9,12H,6-8H2,1-2H3,(H,17,19)/t9-,12+/m0/s1. The maximum absolute atomic E-state index is 13.9. The minimum Gasteiger partial charge on any atom is -0.379 e. The molecule has 1 heterocycles. The topological polar surface area (TPSA) is 75.7 Å². The number of nitrogens with zero attached hydrogens (tertiary/aromatic N) is 1. The van der Waals surface area contributed by atoms with Gasteiger partial charge in [0, 0.05) is 20.0 Å². The van der Waals surface area contributed by atoms with Crippen LogP contribution in [0.1, 0.15) is 10.4 Å². The molecule has 2 atom stereocenters. The van der Waals surface area contributed by atoms with Gasteiger partial charge in [0.15, 0.2) is 5.82 Å². The van der Waals surface area contributed by atoms with Crippen molar-refractivity contribution in [2.24, 2.45) is 5.92 Å². The molecule has 0 unspecified atom stereocenters. The van der Waals surface area contributed by atoms with Crippen LogP contribution in [-0.2, 0) is 14.8 Å². The fraction of sp³-hybridized carbons (Fsp3) is 0.500. The van der Waals surface area contributed by atoms with E-state index in [0.717, 1.165) is 4.31 Å². The van der Waals surface area contributed by atoms with Crippen LogP contribution in [-0.4, -0.2) is 57.7 Å². The highest BCUT2D eigenvalue weighted by molar-refractivity contribution is 7.89. The van der Waals surface area contributed by atoms with Crippen molar-refractivity contribution in [1.82, 2.24) is 9.62 Å². The zero-order valence-corrected chi connectivity index (χ0v) is 14.3. The molecule has 0 radical (unpaired) electrons. The number of carbonyl (C=O) groups is 1. The Labute approximate surface area is 139 Å². The first-order valence-corrected chi connectivity index (χ1v) is 8.94. The van der Waals surface area contributed by atoms with E-state index in [9.17, 15) is 17.6 Å². The van der Waals surface area contributed by atoms with Crippen molar-refractivity contribution in [3.05, 3.63) is 34.6 Å². The quantitative estimate of drug-likeness (QED) is 0.849. The molecule has 0 aliphatic carbocycles. The highest BCUT2D eigenvalue weighted by Gasteiger charge is 2.34. The van der Waals surface area contributed by atoms with Gasteiger partial charge in [0.25, 0.3) is 5.91 Å². The van der Waals surface area contributed by atoms with Gasteiger partial charge in [0.2, 0.25) is 10.0 Å². The Morgan fingerprint density at radius 3 is 2.78 bits per heavy atom. The van der Waals surface area contributed by atoms with Gasteiger partial charge in [-0.1, -0.05) is 17.7 Å². The summed E-state index contributed by atoms with van der Waals surface area (Å²) in [4.78, 5) is 12.2. The van der Waals surface area contributed by atoms with E-state index in [2.05, 4.69) is 5.32 Å². The van der Waals surface area contributed by atoms with Crippen molar-refractivity contribution in [1.29, 1.82) is 0 Å². The van der Waals surface area contributed by atoms with Crippen LogP contribution >= 0.6 is 11.6 Å². The highest BCUT2D eigenvalue weighted by atomic mass is 35.5. The van der Waals surface area contributed by atoms with Gasteiger partial charge in [0.05, 0.1) is 35.6 Å². The van der Waals surface area contributed by atoms with Gasteiger partial charge in [-0.2, -0.15) is 0 Å². The van der Waals surface area contributed by atoms with Crippen LogP contribution in [0.2, 0.25) is 5.02 Å². The average molecular weight is 365 g/mol. The fourth-order valence-corrected chi connectivity index (χ4v) is 3.61. The lowest BCUT2D eigenvalue weighted by Gasteiger charge is -2.21. The van der Waals surface area contributed by atoms with Crippen molar-refractivity contribution in [2.45, 2.75) is 6.04 Å². The Kier molecular flexibility index (Phi) is 5.61. The second-order valence-corrected chi connectivity index (χ2v) is 8.17. The number of hydrogen-bond donors (Lipinski definition) is 1. The highest BCUT2D eigenvalue weighted by Crippen LogP contribution is 2.20. The van der Waals surface area contributed by atoms with Crippen LogP contribution in [0.3, 0.4) is 0 Å². The Morgan fingerprint density at radius 1 is 1.43 bits per heavy atom. The summed E-state index contributed by atoms with van der Waals surface area (Å²) >= 11 is 5.66. The summed E-state index contributed by atoms with van der Waals surface area (Å²) in [5, 5.41) is 2.48. The van der Waals surface area contributed by atoms with Crippen molar-refractivity contribution in [2.75, 3.05) is 33.1 Å². The molecule has 1 aliphatic rings. The molecule has 0 spiro atoms. The molecular weight excluding hydrogens is 347 g/mol. The van der Waals surface area contributed by atoms with Crippen molar-refractivity contribution in [3.8, 4) is 0 Å². The number of ether oxygens (including phenoxy) is 1. The van der Waals surface area contributed by atoms with Crippen molar-refractivity contribution in [3.63, 3.8) is 0 Å². The van der Waals surface area contributed by atoms with E-state index in [1.807, 2.05) is 0 Å². The van der Waals surface area contributed by atoms with Gasteiger partial charge in [-0.05, 0) is 12.1 Å². The summed E-state index contributed by atoms with van der Waals surface area (Å²) in [6.45, 7) is 0.400. The van der Waals surface area contributed by atoms with E-state index in [4.69, 9.17) is 16.3 Å². The van der Waals surface area contributed by atoms with Gasteiger partial charge in [-0.15, -0.1) is 0 Å². The van der Waals surface area contributed by atoms with E-state index in [0.29, 0.717) is 0 Å². The number of hydrogen-bond acceptors (Lipinski definition) is 4. The molecule has 1 aromatic rings. The summed E-state index contributed by atoms with van der Waals surface area (Å²) in [5.74, 6) is -1.99. The Hall–Kier alpha value is -1.22. The summed E-state index contributed by atoms with van der Waals surface area (Å²) in [6, 6.07) is 3.63. The Morgan fingerprint density at radius 2 is 2.13 bits per heavy atom. The predicted molar refractivity (Wildman–Crippen MR) is 84.4 cm³/mol. The number of nitrogens with one attached hydrogen (secondary N) is 1. The minimum absolute atomic E-state index is 0.146. The van der Waals surface area contributed by atoms with Crippen LogP contribution in [0.25, 0.3) is 0 Å². The van der Waals surface area contributed by atoms with Crippen molar-refractivity contribution >= 4 is 27.5 Å². The predicted octanol–water partition coefficient (Wildman–Crippen LogP) is 1.12. The summed E-state index contributed by atoms with van der Waals surface area (Å²) in [5.41, 5.74) is -0.182. The SMILES string of the molecule is CN(C)S(=O)(=O)C[C@@H]1COC[C@H]1NC(=O)c1cccc(Cl)c1F. The molecule has 9 heteroatoms. The third kappa shape index (κ3) is 4.20. The van der Waals surface area contributed by atoms with Gasteiger partial charge < -0.3 is 10.1 Å². The number of carbonyl (C=O) groups excluding carboxylic acids is 1. The van der Waals surface area contributed by atoms with E-state index in [1.54, 1.807) is 0 Å². The Balaban J connectivity index is 2.09. The number of amides is 1. The number of sulfonamides is 1. The van der Waals surface area contributed by atoms with Crippen LogP contribution in [0, 0.1) is 11.7 Å². The number of rotatable bonds is 5. The lowest BCUT2D eigenvalue weighted by molar-refractivity contribution is 0.0922. The lowest BCUT2D eigenvalue weighted by atomic mass is 10.1. The lowest BCUT2D eigenvalue weighted by Crippen LogP contribution is -2.43. The summed E-state index contributed by atoms with van der Waals surface area (Å²) in [6.07, 6.45) is 0. The van der Waals surface area contributed by atoms with Gasteiger partial charge in [0.1, 0.15) is 0 Å². The van der Waals surface area contributed by atoms with Crippen LogP contribution < -0.4 is 5.32 Å². The third-order valence-electron chi connectivity index (χ3n) is 3.69. The maximum Gasteiger partial charge on any atom is 0.254 e. The second kappa shape index (κ2) is 7.12. The molecule has 1 aromatic carbocycles. The first kappa shape index (κ1) is 18.1. The Bertz CT molecular complexity index is 696. The molecular formula is C14H18ClFN2O4S. The second-order valence-electron chi connectivity index (χ2n) is 5.54.